The highest BCUT2D eigenvalue weighted by atomic mass is 16.3. The van der Waals surface area contributed by atoms with Gasteiger partial charge in [-0.05, 0) is 98.0 Å². The second-order valence-electron chi connectivity index (χ2n) is 16.1. The molecule has 0 fully saturated rings. The van der Waals surface area contributed by atoms with Crippen molar-refractivity contribution in [3.05, 3.63) is 205 Å². The molecule has 1 aliphatic heterocycles. The Morgan fingerprint density at radius 2 is 1.02 bits per heavy atom. The maximum absolute atomic E-state index is 6.58. The highest BCUT2D eigenvalue weighted by Gasteiger charge is 2.38. The third-order valence-corrected chi connectivity index (χ3v) is 12.6. The number of benzene rings is 10. The van der Waals surface area contributed by atoms with Crippen LogP contribution in [0.5, 0.6) is 0 Å². The Kier molecular flexibility index (Phi) is 6.98. The average molecular weight is 743 g/mol. The number of fused-ring (bicyclic) bond motifs is 11. The van der Waals surface area contributed by atoms with Crippen molar-refractivity contribution < 1.29 is 4.42 Å². The standard InChI is InChI=1S/C55H38N2O/c1-55(2)47-25-13-14-26-49(47)57(52-34-54-46(31-48(52)55)43-24-12-15-27-53(43)58-54)51-33-45-39-20-8-10-22-41(39)50(32-44(45)40-21-9-11-23-42(40)51)56(37-18-4-3-5-19-37)38-29-28-35-16-6-7-17-36(35)30-38/h3-34H,1-2H3. The Morgan fingerprint density at radius 1 is 0.379 bits per heavy atom. The molecule has 0 N–H and O–H groups in total. The summed E-state index contributed by atoms with van der Waals surface area (Å²) in [6.45, 7) is 4.72. The minimum atomic E-state index is -0.243. The number of furan rings is 1. The van der Waals surface area contributed by atoms with Crippen molar-refractivity contribution in [1.29, 1.82) is 0 Å². The number of nitrogens with zero attached hydrogens (tertiary/aromatic N) is 2. The Labute approximate surface area is 336 Å². The molecule has 274 valence electrons. The van der Waals surface area contributed by atoms with Crippen molar-refractivity contribution in [1.82, 2.24) is 0 Å². The van der Waals surface area contributed by atoms with E-state index < -0.39 is 0 Å². The molecule has 1 aliphatic rings. The maximum Gasteiger partial charge on any atom is 0.137 e. The number of anilines is 6. The first-order chi connectivity index (χ1) is 28.5. The predicted octanol–water partition coefficient (Wildman–Crippen LogP) is 15.8. The van der Waals surface area contributed by atoms with E-state index in [0.717, 1.165) is 50.4 Å². The fourth-order valence-corrected chi connectivity index (χ4v) is 9.78. The van der Waals surface area contributed by atoms with Crippen LogP contribution in [0, 0.1) is 0 Å². The third kappa shape index (κ3) is 4.74. The molecule has 10 aromatic carbocycles. The van der Waals surface area contributed by atoms with E-state index in [-0.39, 0.29) is 5.41 Å². The smallest absolute Gasteiger partial charge is 0.137 e. The second-order valence-corrected chi connectivity index (χ2v) is 16.1. The summed E-state index contributed by atoms with van der Waals surface area (Å²) in [5, 5.41) is 12.0. The van der Waals surface area contributed by atoms with Crippen LogP contribution in [0.4, 0.5) is 34.1 Å². The number of para-hydroxylation sites is 3. The van der Waals surface area contributed by atoms with Gasteiger partial charge < -0.3 is 14.2 Å². The average Bonchev–Trinajstić information content (AvgIpc) is 3.64. The summed E-state index contributed by atoms with van der Waals surface area (Å²) < 4.78 is 6.58. The van der Waals surface area contributed by atoms with Gasteiger partial charge in [0.1, 0.15) is 11.2 Å². The fourth-order valence-electron chi connectivity index (χ4n) is 9.78. The molecular weight excluding hydrogens is 705 g/mol. The summed E-state index contributed by atoms with van der Waals surface area (Å²) in [5.74, 6) is 0. The first-order valence-corrected chi connectivity index (χ1v) is 20.1. The molecule has 1 aromatic heterocycles. The van der Waals surface area contributed by atoms with Gasteiger partial charge in [0.15, 0.2) is 0 Å². The normalized spacial score (nSPS) is 13.4. The minimum absolute atomic E-state index is 0.243. The zero-order chi connectivity index (χ0) is 38.5. The van der Waals surface area contributed by atoms with E-state index in [1.54, 1.807) is 0 Å². The van der Waals surface area contributed by atoms with E-state index in [9.17, 15) is 0 Å². The van der Waals surface area contributed by atoms with E-state index in [1.807, 2.05) is 0 Å². The third-order valence-electron chi connectivity index (χ3n) is 12.6. The van der Waals surface area contributed by atoms with Crippen LogP contribution < -0.4 is 9.80 Å². The SMILES string of the molecule is CC1(C)c2ccccc2N(c2cc3c4ccccc4c(N(c4ccccc4)c4ccc5ccccc5c4)cc3c3ccccc23)c2cc3oc4ccccc4c3cc21. The highest BCUT2D eigenvalue weighted by Crippen LogP contribution is 2.56. The molecule has 11 aromatic rings. The first-order valence-electron chi connectivity index (χ1n) is 20.1. The summed E-state index contributed by atoms with van der Waals surface area (Å²) in [7, 11) is 0. The van der Waals surface area contributed by atoms with Crippen molar-refractivity contribution >= 4 is 99.2 Å². The van der Waals surface area contributed by atoms with Gasteiger partial charge in [-0.15, -0.1) is 0 Å². The van der Waals surface area contributed by atoms with Crippen LogP contribution in [0.2, 0.25) is 0 Å². The van der Waals surface area contributed by atoms with Crippen molar-refractivity contribution in [2.24, 2.45) is 0 Å². The molecule has 0 unspecified atom stereocenters. The molecule has 3 nitrogen and oxygen atoms in total. The Bertz CT molecular complexity index is 3450. The summed E-state index contributed by atoms with van der Waals surface area (Å²) in [6, 6.07) is 70.9. The zero-order valence-corrected chi connectivity index (χ0v) is 32.3. The van der Waals surface area contributed by atoms with Gasteiger partial charge in [0.05, 0.1) is 22.7 Å². The topological polar surface area (TPSA) is 19.6 Å². The van der Waals surface area contributed by atoms with Crippen molar-refractivity contribution in [2.45, 2.75) is 19.3 Å². The van der Waals surface area contributed by atoms with Crippen LogP contribution in [0.15, 0.2) is 199 Å². The summed E-state index contributed by atoms with van der Waals surface area (Å²) in [5.41, 5.74) is 11.0. The fraction of sp³-hybridized carbons (Fsp3) is 0.0545. The largest absolute Gasteiger partial charge is 0.456 e. The molecule has 0 atom stereocenters. The van der Waals surface area contributed by atoms with E-state index in [1.165, 1.54) is 59.9 Å². The predicted molar refractivity (Wildman–Crippen MR) is 245 cm³/mol. The molecule has 0 radical (unpaired) electrons. The van der Waals surface area contributed by atoms with E-state index in [4.69, 9.17) is 4.42 Å². The monoisotopic (exact) mass is 742 g/mol. The van der Waals surface area contributed by atoms with Gasteiger partial charge in [-0.2, -0.15) is 0 Å². The molecule has 0 aliphatic carbocycles. The van der Waals surface area contributed by atoms with Gasteiger partial charge in [0.2, 0.25) is 0 Å². The van der Waals surface area contributed by atoms with Gasteiger partial charge >= 0.3 is 0 Å². The molecule has 2 heterocycles. The van der Waals surface area contributed by atoms with E-state index in [0.29, 0.717) is 0 Å². The number of rotatable bonds is 4. The lowest BCUT2D eigenvalue weighted by Gasteiger charge is -2.42. The lowest BCUT2D eigenvalue weighted by molar-refractivity contribution is 0.631. The number of hydrogen-bond acceptors (Lipinski definition) is 3. The van der Waals surface area contributed by atoms with Crippen molar-refractivity contribution in [3.63, 3.8) is 0 Å². The second kappa shape index (κ2) is 12.3. The van der Waals surface area contributed by atoms with Crippen LogP contribution >= 0.6 is 0 Å². The van der Waals surface area contributed by atoms with Crippen molar-refractivity contribution in [3.8, 4) is 0 Å². The van der Waals surface area contributed by atoms with Gasteiger partial charge in [-0.25, -0.2) is 0 Å². The van der Waals surface area contributed by atoms with Gasteiger partial charge in [-0.1, -0.05) is 147 Å². The molecule has 58 heavy (non-hydrogen) atoms. The van der Waals surface area contributed by atoms with Crippen LogP contribution in [0.1, 0.15) is 25.0 Å². The van der Waals surface area contributed by atoms with Gasteiger partial charge in [0.25, 0.3) is 0 Å². The lowest BCUT2D eigenvalue weighted by Crippen LogP contribution is -2.30. The van der Waals surface area contributed by atoms with Crippen LogP contribution in [-0.2, 0) is 5.41 Å². The highest BCUT2D eigenvalue weighted by molar-refractivity contribution is 6.25. The Morgan fingerprint density at radius 3 is 1.84 bits per heavy atom. The van der Waals surface area contributed by atoms with E-state index >= 15 is 0 Å². The molecule has 0 spiro atoms. The summed E-state index contributed by atoms with van der Waals surface area (Å²) >= 11 is 0. The van der Waals surface area contributed by atoms with Crippen molar-refractivity contribution in [2.75, 3.05) is 9.80 Å². The summed E-state index contributed by atoms with van der Waals surface area (Å²) in [6.07, 6.45) is 0. The first kappa shape index (κ1) is 32.8. The molecule has 3 heteroatoms. The molecule has 0 saturated heterocycles. The Balaban J connectivity index is 1.16. The molecular formula is C55H38N2O. The lowest BCUT2D eigenvalue weighted by atomic mass is 9.73. The van der Waals surface area contributed by atoms with E-state index in [2.05, 4.69) is 218 Å². The van der Waals surface area contributed by atoms with Crippen LogP contribution in [0.3, 0.4) is 0 Å². The molecule has 0 saturated carbocycles. The molecule has 0 bridgehead atoms. The van der Waals surface area contributed by atoms with Gasteiger partial charge in [-0.3, -0.25) is 0 Å². The molecule has 0 amide bonds. The van der Waals surface area contributed by atoms with Crippen LogP contribution in [0.25, 0.3) is 65.0 Å². The van der Waals surface area contributed by atoms with Gasteiger partial charge in [0, 0.05) is 44.4 Å². The molecule has 12 rings (SSSR count). The zero-order valence-electron chi connectivity index (χ0n) is 32.3. The summed E-state index contributed by atoms with van der Waals surface area (Å²) in [4.78, 5) is 4.92. The quantitative estimate of drug-likeness (QED) is 0.167. The maximum atomic E-state index is 6.58. The van der Waals surface area contributed by atoms with Crippen LogP contribution in [-0.4, -0.2) is 0 Å². The Hall–Kier alpha value is -7.36. The minimum Gasteiger partial charge on any atom is -0.456 e. The number of hydrogen-bond donors (Lipinski definition) is 0.